The molecule has 0 amide bonds. The molecule has 1 aromatic heterocycles. The van der Waals surface area contributed by atoms with E-state index in [-0.39, 0.29) is 0 Å². The van der Waals surface area contributed by atoms with Crippen LogP contribution in [0.3, 0.4) is 0 Å². The van der Waals surface area contributed by atoms with Crippen LogP contribution in [0.5, 0.6) is 0 Å². The Balaban J connectivity index is 0.000000347. The van der Waals surface area contributed by atoms with E-state index in [2.05, 4.69) is 9.98 Å². The topological polar surface area (TPSA) is 78.6 Å². The van der Waals surface area contributed by atoms with Gasteiger partial charge in [0.15, 0.2) is 23.3 Å². The van der Waals surface area contributed by atoms with Crippen LogP contribution >= 0.6 is 23.2 Å². The number of nitrogens with zero attached hydrogens (tertiary/aromatic N) is 4. The SMILES string of the molecule is CC(=NC#N)N(C)Cc1ccc(Cl)nc1.Cc1c(F)c(F)c(COC(=O)C2C(/C=C(\Cl)C(F)(F)F)C2(C)C)c(F)c1F. The quantitative estimate of drug-likeness (QED) is 0.0617. The number of hydrogen-bond acceptors (Lipinski definition) is 5. The molecule has 1 saturated carbocycles. The molecule has 2 atom stereocenters. The van der Waals surface area contributed by atoms with Gasteiger partial charge in [-0.25, -0.2) is 22.5 Å². The summed E-state index contributed by atoms with van der Waals surface area (Å²) in [4.78, 5) is 21.6. The predicted octanol–water partition coefficient (Wildman–Crippen LogP) is 7.62. The average molecular weight is 641 g/mol. The maximum absolute atomic E-state index is 13.8. The van der Waals surface area contributed by atoms with Gasteiger partial charge in [-0.15, -0.1) is 0 Å². The number of aromatic nitrogens is 1. The standard InChI is InChI=1S/C17H14ClF7O2.C10H11ClN4/c1-6-11(19)13(21)7(14(22)12(6)20)5-27-15(26)10-8(16(10,2)3)4-9(18)17(23,24)25;1-8(14-7-12)15(2)6-9-3-4-10(11)13-5-9/h4,8,10H,5H2,1-3H3;3-5H,6H2,1-2H3/b9-4-;. The van der Waals surface area contributed by atoms with Crippen molar-refractivity contribution < 1.29 is 40.3 Å². The largest absolute Gasteiger partial charge is 0.460 e. The molecule has 3 rings (SSSR count). The van der Waals surface area contributed by atoms with Crippen molar-refractivity contribution in [1.29, 1.82) is 5.26 Å². The Bertz CT molecular complexity index is 1390. The Kier molecular flexibility index (Phi) is 11.4. The van der Waals surface area contributed by atoms with Gasteiger partial charge in [-0.1, -0.05) is 49.2 Å². The molecule has 1 aliphatic rings. The van der Waals surface area contributed by atoms with E-state index in [4.69, 9.17) is 33.2 Å². The maximum Gasteiger partial charge on any atom is 0.426 e. The van der Waals surface area contributed by atoms with Gasteiger partial charge in [0.2, 0.25) is 6.19 Å². The molecule has 228 valence electrons. The molecule has 0 bridgehead atoms. The molecule has 0 spiro atoms. The molecular formula is C27H25Cl2F7N4O2. The highest BCUT2D eigenvalue weighted by atomic mass is 35.5. The van der Waals surface area contributed by atoms with Gasteiger partial charge in [0.25, 0.3) is 0 Å². The van der Waals surface area contributed by atoms with Crippen molar-refractivity contribution in [2.75, 3.05) is 7.05 Å². The number of benzene rings is 1. The van der Waals surface area contributed by atoms with Crippen molar-refractivity contribution in [3.8, 4) is 6.19 Å². The van der Waals surface area contributed by atoms with Gasteiger partial charge in [0, 0.05) is 25.4 Å². The normalized spacial score (nSPS) is 18.0. The van der Waals surface area contributed by atoms with E-state index >= 15 is 0 Å². The highest BCUT2D eigenvalue weighted by molar-refractivity contribution is 6.30. The van der Waals surface area contributed by atoms with Gasteiger partial charge in [-0.3, -0.25) is 4.79 Å². The third-order valence-corrected chi connectivity index (χ3v) is 7.23. The smallest absolute Gasteiger partial charge is 0.426 e. The van der Waals surface area contributed by atoms with Gasteiger partial charge < -0.3 is 9.64 Å². The lowest BCUT2D eigenvalue weighted by Gasteiger charge is -2.17. The number of hydrogen-bond donors (Lipinski definition) is 0. The van der Waals surface area contributed by atoms with Crippen LogP contribution in [0.15, 0.2) is 34.4 Å². The van der Waals surface area contributed by atoms with Crippen molar-refractivity contribution in [1.82, 2.24) is 9.88 Å². The summed E-state index contributed by atoms with van der Waals surface area (Å²) in [6.45, 7) is 5.12. The summed E-state index contributed by atoms with van der Waals surface area (Å²) in [6.07, 6.45) is -0.654. The van der Waals surface area contributed by atoms with Crippen LogP contribution < -0.4 is 0 Å². The zero-order valence-electron chi connectivity index (χ0n) is 22.9. The van der Waals surface area contributed by atoms with Crippen LogP contribution in [0.2, 0.25) is 5.15 Å². The van der Waals surface area contributed by atoms with Crippen molar-refractivity contribution in [3.63, 3.8) is 0 Å². The van der Waals surface area contributed by atoms with Crippen LogP contribution in [-0.2, 0) is 22.7 Å². The average Bonchev–Trinajstić information content (AvgIpc) is 3.46. The fraction of sp³-hybridized carbons (Fsp3) is 0.407. The number of carbonyl (C=O) groups excluding carboxylic acids is 1. The second-order valence-corrected chi connectivity index (χ2v) is 10.7. The van der Waals surface area contributed by atoms with E-state index in [0.29, 0.717) is 23.6 Å². The highest BCUT2D eigenvalue weighted by Crippen LogP contribution is 2.60. The minimum atomic E-state index is -4.78. The summed E-state index contributed by atoms with van der Waals surface area (Å²) >= 11 is 10.8. The number of allylic oxidation sites excluding steroid dienone is 2. The molecular weight excluding hydrogens is 616 g/mol. The molecule has 2 aromatic rings. The van der Waals surface area contributed by atoms with Crippen LogP contribution in [0.25, 0.3) is 0 Å². The van der Waals surface area contributed by atoms with Gasteiger partial charge in [-0.05, 0) is 36.8 Å². The van der Waals surface area contributed by atoms with Crippen LogP contribution in [0.4, 0.5) is 30.7 Å². The lowest BCUT2D eigenvalue weighted by molar-refractivity contribution is -0.147. The van der Waals surface area contributed by atoms with Gasteiger partial charge in [0.1, 0.15) is 22.6 Å². The summed E-state index contributed by atoms with van der Waals surface area (Å²) in [5.41, 5.74) is -1.91. The first kappa shape index (κ1) is 34.8. The number of amidine groups is 1. The minimum absolute atomic E-state index is 0.476. The zero-order valence-corrected chi connectivity index (χ0v) is 24.4. The number of pyridine rings is 1. The molecule has 0 radical (unpaired) electrons. The second-order valence-electron chi connectivity index (χ2n) is 9.91. The summed E-state index contributed by atoms with van der Waals surface area (Å²) < 4.78 is 96.8. The minimum Gasteiger partial charge on any atom is -0.460 e. The third-order valence-electron chi connectivity index (χ3n) is 6.67. The molecule has 0 N–H and O–H groups in total. The van der Waals surface area contributed by atoms with Crippen molar-refractivity contribution in [2.45, 2.75) is 47.0 Å². The van der Waals surface area contributed by atoms with E-state index in [1.165, 1.54) is 13.8 Å². The Morgan fingerprint density at radius 1 is 1.19 bits per heavy atom. The molecule has 0 saturated heterocycles. The number of rotatable bonds is 6. The number of ether oxygens (including phenoxy) is 1. The Morgan fingerprint density at radius 3 is 2.24 bits per heavy atom. The lowest BCUT2D eigenvalue weighted by Crippen LogP contribution is -2.23. The van der Waals surface area contributed by atoms with E-state index < -0.39 is 75.4 Å². The van der Waals surface area contributed by atoms with E-state index in [9.17, 15) is 35.5 Å². The Morgan fingerprint density at radius 2 is 1.76 bits per heavy atom. The first-order chi connectivity index (χ1) is 19.3. The maximum atomic E-state index is 13.8. The Hall–Kier alpha value is -3.37. The van der Waals surface area contributed by atoms with Crippen molar-refractivity contribution >= 4 is 35.0 Å². The second kappa shape index (κ2) is 13.7. The Labute approximate surface area is 247 Å². The highest BCUT2D eigenvalue weighted by Gasteiger charge is 2.62. The van der Waals surface area contributed by atoms with Crippen LogP contribution in [0, 0.1) is 58.9 Å². The molecule has 42 heavy (non-hydrogen) atoms. The summed E-state index contributed by atoms with van der Waals surface area (Å²) in [6, 6.07) is 3.63. The van der Waals surface area contributed by atoms with Crippen molar-refractivity contribution in [3.05, 3.63) is 74.6 Å². The molecule has 15 heteroatoms. The van der Waals surface area contributed by atoms with Crippen LogP contribution in [-0.4, -0.2) is 34.9 Å². The number of aliphatic imine (C=N–C) groups is 1. The molecule has 6 nitrogen and oxygen atoms in total. The fourth-order valence-corrected chi connectivity index (χ4v) is 4.13. The van der Waals surface area contributed by atoms with E-state index in [1.54, 1.807) is 25.4 Å². The molecule has 1 heterocycles. The summed E-state index contributed by atoms with van der Waals surface area (Å²) in [5.74, 6) is -9.01. The van der Waals surface area contributed by atoms with E-state index in [1.807, 2.05) is 18.0 Å². The third kappa shape index (κ3) is 8.35. The van der Waals surface area contributed by atoms with Gasteiger partial charge >= 0.3 is 12.1 Å². The van der Waals surface area contributed by atoms with E-state index in [0.717, 1.165) is 12.5 Å². The molecule has 1 aliphatic carbocycles. The predicted molar refractivity (Wildman–Crippen MR) is 141 cm³/mol. The number of esters is 1. The molecule has 2 unspecified atom stereocenters. The van der Waals surface area contributed by atoms with Crippen molar-refractivity contribution in [2.24, 2.45) is 22.2 Å². The summed E-state index contributed by atoms with van der Waals surface area (Å²) in [7, 11) is 1.87. The fourth-order valence-electron chi connectivity index (χ4n) is 3.88. The monoisotopic (exact) mass is 640 g/mol. The molecule has 1 fully saturated rings. The molecule has 1 aromatic carbocycles. The number of carbonyl (C=O) groups is 1. The van der Waals surface area contributed by atoms with Crippen LogP contribution in [0.1, 0.15) is 37.5 Å². The zero-order chi connectivity index (χ0) is 32.2. The van der Waals surface area contributed by atoms with Gasteiger partial charge in [-0.2, -0.15) is 23.4 Å². The first-order valence-corrected chi connectivity index (χ1v) is 12.8. The number of nitriles is 1. The molecule has 0 aliphatic heterocycles. The number of alkyl halides is 3. The van der Waals surface area contributed by atoms with Gasteiger partial charge in [0.05, 0.1) is 11.5 Å². The number of halogens is 9. The lowest BCUT2D eigenvalue weighted by atomic mass is 10.1. The first-order valence-electron chi connectivity index (χ1n) is 12.0. The summed E-state index contributed by atoms with van der Waals surface area (Å²) in [5, 5.41) is 7.46.